The molecule has 0 aliphatic rings. The fourth-order valence-corrected chi connectivity index (χ4v) is 1.66. The van der Waals surface area contributed by atoms with Gasteiger partial charge in [-0.2, -0.15) is 4.98 Å². The van der Waals surface area contributed by atoms with Crippen LogP contribution in [0.4, 0.5) is 5.82 Å². The molecule has 0 bridgehead atoms. The summed E-state index contributed by atoms with van der Waals surface area (Å²) in [7, 11) is 1.57. The highest BCUT2D eigenvalue weighted by Gasteiger charge is 2.08. The SMILES string of the molecule is CCOC(CNC(=S)Nc1cccc(OC)n1)OCC. The first-order valence-corrected chi connectivity index (χ1v) is 6.89. The van der Waals surface area contributed by atoms with E-state index in [9.17, 15) is 0 Å². The van der Waals surface area contributed by atoms with Crippen molar-refractivity contribution in [1.29, 1.82) is 0 Å². The second-order valence-electron chi connectivity index (χ2n) is 3.74. The van der Waals surface area contributed by atoms with Crippen molar-refractivity contribution < 1.29 is 14.2 Å². The normalized spacial score (nSPS) is 10.4. The molecule has 0 aromatic carbocycles. The van der Waals surface area contributed by atoms with E-state index in [-0.39, 0.29) is 6.29 Å². The molecule has 0 saturated heterocycles. The van der Waals surface area contributed by atoms with Crippen molar-refractivity contribution in [3.8, 4) is 5.88 Å². The lowest BCUT2D eigenvalue weighted by molar-refractivity contribution is -0.130. The summed E-state index contributed by atoms with van der Waals surface area (Å²) in [5.41, 5.74) is 0. The van der Waals surface area contributed by atoms with E-state index in [2.05, 4.69) is 15.6 Å². The second-order valence-corrected chi connectivity index (χ2v) is 4.15. The summed E-state index contributed by atoms with van der Waals surface area (Å²) in [5.74, 6) is 1.14. The van der Waals surface area contributed by atoms with Gasteiger partial charge in [0.25, 0.3) is 0 Å². The summed E-state index contributed by atoms with van der Waals surface area (Å²) in [6, 6.07) is 5.40. The predicted molar refractivity (Wildman–Crippen MR) is 82.1 cm³/mol. The Morgan fingerprint density at radius 1 is 1.30 bits per heavy atom. The van der Waals surface area contributed by atoms with Crippen molar-refractivity contribution in [1.82, 2.24) is 10.3 Å². The van der Waals surface area contributed by atoms with Gasteiger partial charge in [-0.1, -0.05) is 6.07 Å². The van der Waals surface area contributed by atoms with Crippen LogP contribution < -0.4 is 15.4 Å². The lowest BCUT2D eigenvalue weighted by atomic mass is 10.4. The molecule has 20 heavy (non-hydrogen) atoms. The van der Waals surface area contributed by atoms with Crippen LogP contribution in [0, 0.1) is 0 Å². The highest BCUT2D eigenvalue weighted by Crippen LogP contribution is 2.10. The minimum absolute atomic E-state index is 0.317. The zero-order valence-electron chi connectivity index (χ0n) is 12.0. The highest BCUT2D eigenvalue weighted by molar-refractivity contribution is 7.80. The molecule has 0 radical (unpaired) electrons. The van der Waals surface area contributed by atoms with Gasteiger partial charge in [0.2, 0.25) is 5.88 Å². The minimum atomic E-state index is -0.317. The molecule has 0 aliphatic heterocycles. The average Bonchev–Trinajstić information content (AvgIpc) is 2.45. The molecule has 0 unspecified atom stereocenters. The van der Waals surface area contributed by atoms with Crippen LogP contribution in [0.25, 0.3) is 0 Å². The van der Waals surface area contributed by atoms with Gasteiger partial charge in [-0.3, -0.25) is 0 Å². The monoisotopic (exact) mass is 299 g/mol. The summed E-state index contributed by atoms with van der Waals surface area (Å²) in [6.07, 6.45) is -0.317. The molecular weight excluding hydrogens is 278 g/mol. The predicted octanol–water partition coefficient (Wildman–Crippen LogP) is 1.78. The molecular formula is C13H21N3O3S. The maximum Gasteiger partial charge on any atom is 0.214 e. The smallest absolute Gasteiger partial charge is 0.214 e. The third-order valence-electron chi connectivity index (χ3n) is 2.31. The van der Waals surface area contributed by atoms with Crippen LogP contribution in [0.15, 0.2) is 18.2 Å². The maximum absolute atomic E-state index is 5.41. The number of hydrogen-bond acceptors (Lipinski definition) is 5. The van der Waals surface area contributed by atoms with Gasteiger partial charge in [0, 0.05) is 19.3 Å². The van der Waals surface area contributed by atoms with Crippen LogP contribution in [-0.4, -0.2) is 43.3 Å². The number of thiocarbonyl (C=S) groups is 1. The molecule has 0 saturated carbocycles. The van der Waals surface area contributed by atoms with E-state index in [1.807, 2.05) is 19.9 Å². The van der Waals surface area contributed by atoms with Gasteiger partial charge in [-0.15, -0.1) is 0 Å². The van der Waals surface area contributed by atoms with E-state index >= 15 is 0 Å². The Kier molecular flexibility index (Phi) is 7.86. The van der Waals surface area contributed by atoms with Crippen molar-refractivity contribution in [2.24, 2.45) is 0 Å². The number of hydrogen-bond donors (Lipinski definition) is 2. The average molecular weight is 299 g/mol. The van der Waals surface area contributed by atoms with Crippen molar-refractivity contribution >= 4 is 23.1 Å². The molecule has 0 atom stereocenters. The number of nitrogens with one attached hydrogen (secondary N) is 2. The standard InChI is InChI=1S/C13H21N3O3S/c1-4-18-12(19-5-2)9-14-13(20)16-10-7-6-8-11(15-10)17-3/h6-8,12H,4-5,9H2,1-3H3,(H2,14,15,16,20). The lowest BCUT2D eigenvalue weighted by Crippen LogP contribution is -2.37. The zero-order chi connectivity index (χ0) is 14.8. The molecule has 1 aromatic rings. The summed E-state index contributed by atoms with van der Waals surface area (Å²) in [4.78, 5) is 4.21. The zero-order valence-corrected chi connectivity index (χ0v) is 12.8. The van der Waals surface area contributed by atoms with Gasteiger partial charge in [0.05, 0.1) is 13.7 Å². The summed E-state index contributed by atoms with van der Waals surface area (Å²) >= 11 is 5.19. The van der Waals surface area contributed by atoms with E-state index < -0.39 is 0 Å². The van der Waals surface area contributed by atoms with Gasteiger partial charge >= 0.3 is 0 Å². The van der Waals surface area contributed by atoms with E-state index in [0.29, 0.717) is 36.6 Å². The second kappa shape index (κ2) is 9.46. The van der Waals surface area contributed by atoms with Crippen molar-refractivity contribution in [2.45, 2.75) is 20.1 Å². The van der Waals surface area contributed by atoms with Crippen LogP contribution in [-0.2, 0) is 9.47 Å². The number of nitrogens with zero attached hydrogens (tertiary/aromatic N) is 1. The Morgan fingerprint density at radius 3 is 2.60 bits per heavy atom. The molecule has 1 aromatic heterocycles. The van der Waals surface area contributed by atoms with Crippen LogP contribution in [0.2, 0.25) is 0 Å². The first-order chi connectivity index (χ1) is 9.69. The molecule has 1 rings (SSSR count). The Balaban J connectivity index is 2.42. The van der Waals surface area contributed by atoms with Gasteiger partial charge in [-0.05, 0) is 32.1 Å². The minimum Gasteiger partial charge on any atom is -0.481 e. The van der Waals surface area contributed by atoms with E-state index in [1.165, 1.54) is 0 Å². The third kappa shape index (κ3) is 6.14. The highest BCUT2D eigenvalue weighted by atomic mass is 32.1. The van der Waals surface area contributed by atoms with Gasteiger partial charge < -0.3 is 24.8 Å². The van der Waals surface area contributed by atoms with Crippen molar-refractivity contribution in [3.05, 3.63) is 18.2 Å². The Labute approximate surface area is 124 Å². The molecule has 112 valence electrons. The van der Waals surface area contributed by atoms with Crippen LogP contribution in [0.3, 0.4) is 0 Å². The molecule has 0 amide bonds. The number of anilines is 1. The summed E-state index contributed by atoms with van der Waals surface area (Å²) in [5, 5.41) is 6.46. The van der Waals surface area contributed by atoms with Gasteiger partial charge in [0.1, 0.15) is 5.82 Å². The Bertz CT molecular complexity index is 412. The number of ether oxygens (including phenoxy) is 3. The van der Waals surface area contributed by atoms with Gasteiger partial charge in [0.15, 0.2) is 11.4 Å². The lowest BCUT2D eigenvalue weighted by Gasteiger charge is -2.18. The molecule has 0 spiro atoms. The molecule has 1 heterocycles. The number of pyridine rings is 1. The van der Waals surface area contributed by atoms with Crippen molar-refractivity contribution in [3.63, 3.8) is 0 Å². The molecule has 0 fully saturated rings. The largest absolute Gasteiger partial charge is 0.481 e. The quantitative estimate of drug-likeness (QED) is 0.560. The fourth-order valence-electron chi connectivity index (χ4n) is 1.47. The first-order valence-electron chi connectivity index (χ1n) is 6.48. The number of methoxy groups -OCH3 is 1. The third-order valence-corrected chi connectivity index (χ3v) is 2.56. The molecule has 6 nitrogen and oxygen atoms in total. The summed E-state index contributed by atoms with van der Waals surface area (Å²) < 4.78 is 15.9. The molecule has 7 heteroatoms. The number of aromatic nitrogens is 1. The Hall–Kier alpha value is -1.44. The van der Waals surface area contributed by atoms with E-state index in [1.54, 1.807) is 19.2 Å². The molecule has 2 N–H and O–H groups in total. The summed E-state index contributed by atoms with van der Waals surface area (Å²) in [6.45, 7) is 5.48. The maximum atomic E-state index is 5.41. The van der Waals surface area contributed by atoms with Crippen LogP contribution >= 0.6 is 12.2 Å². The first kappa shape index (κ1) is 16.6. The fraction of sp³-hybridized carbons (Fsp3) is 0.538. The molecule has 0 aliphatic carbocycles. The number of rotatable bonds is 8. The van der Waals surface area contributed by atoms with Crippen molar-refractivity contribution in [2.75, 3.05) is 32.2 Å². The topological polar surface area (TPSA) is 64.6 Å². The van der Waals surface area contributed by atoms with E-state index in [4.69, 9.17) is 26.4 Å². The van der Waals surface area contributed by atoms with Crippen LogP contribution in [0.5, 0.6) is 5.88 Å². The van der Waals surface area contributed by atoms with Gasteiger partial charge in [-0.25, -0.2) is 0 Å². The van der Waals surface area contributed by atoms with E-state index in [0.717, 1.165) is 0 Å². The van der Waals surface area contributed by atoms with Crippen LogP contribution in [0.1, 0.15) is 13.8 Å². The Morgan fingerprint density at radius 2 is 2.00 bits per heavy atom.